The van der Waals surface area contributed by atoms with Crippen LogP contribution in [0.3, 0.4) is 0 Å². The Labute approximate surface area is 108 Å². The summed E-state index contributed by atoms with van der Waals surface area (Å²) in [5.74, 6) is 0.899. The molecule has 1 heterocycles. The van der Waals surface area contributed by atoms with Gasteiger partial charge in [0.2, 0.25) is 5.13 Å². The highest BCUT2D eigenvalue weighted by Crippen LogP contribution is 2.26. The van der Waals surface area contributed by atoms with Gasteiger partial charge in [0.15, 0.2) is 0 Å². The summed E-state index contributed by atoms with van der Waals surface area (Å²) >= 11 is 1.43. The molecule has 0 aliphatic carbocycles. The van der Waals surface area contributed by atoms with Gasteiger partial charge < -0.3 is 11.1 Å². The van der Waals surface area contributed by atoms with Gasteiger partial charge >= 0.3 is 0 Å². The van der Waals surface area contributed by atoms with Gasteiger partial charge in [-0.15, -0.1) is 0 Å². The third-order valence-electron chi connectivity index (χ3n) is 2.98. The molecule has 0 fully saturated rings. The highest BCUT2D eigenvalue weighted by molar-refractivity contribution is 7.09. The van der Waals surface area contributed by atoms with E-state index in [-0.39, 0.29) is 11.0 Å². The predicted octanol–water partition coefficient (Wildman–Crippen LogP) is 2.77. The van der Waals surface area contributed by atoms with Crippen LogP contribution in [0.15, 0.2) is 0 Å². The van der Waals surface area contributed by atoms with Crippen LogP contribution in [0, 0.1) is 0 Å². The third kappa shape index (κ3) is 3.92. The Hall–Kier alpha value is -0.680. The molecule has 0 radical (unpaired) electrons. The molecule has 0 aliphatic rings. The lowest BCUT2D eigenvalue weighted by Gasteiger charge is -2.28. The standard InChI is InChI=1S/C12H24N4S/c1-6-12(5,7-8-13)15-10-14-9(16-17-10)11(2,3)4/h6-8,13H2,1-5H3,(H,14,15,16). The van der Waals surface area contributed by atoms with Crippen molar-refractivity contribution in [2.24, 2.45) is 5.73 Å². The normalized spacial score (nSPS) is 15.6. The van der Waals surface area contributed by atoms with E-state index in [1.54, 1.807) is 0 Å². The fourth-order valence-electron chi connectivity index (χ4n) is 1.48. The maximum atomic E-state index is 5.65. The van der Waals surface area contributed by atoms with Gasteiger partial charge in [0.25, 0.3) is 0 Å². The molecule has 1 atom stereocenters. The van der Waals surface area contributed by atoms with E-state index in [2.05, 4.69) is 49.3 Å². The first-order valence-corrected chi connectivity index (χ1v) is 6.90. The summed E-state index contributed by atoms with van der Waals surface area (Å²) in [6.07, 6.45) is 1.96. The zero-order chi connectivity index (χ0) is 13.1. The van der Waals surface area contributed by atoms with E-state index in [9.17, 15) is 0 Å². The van der Waals surface area contributed by atoms with Crippen molar-refractivity contribution in [2.45, 2.75) is 58.4 Å². The summed E-state index contributed by atoms with van der Waals surface area (Å²) in [6, 6.07) is 0. The Kier molecular flexibility index (Phi) is 4.49. The number of rotatable bonds is 5. The van der Waals surface area contributed by atoms with E-state index >= 15 is 0 Å². The van der Waals surface area contributed by atoms with E-state index in [1.807, 2.05) is 0 Å². The molecular formula is C12H24N4S. The summed E-state index contributed by atoms with van der Waals surface area (Å²) in [5.41, 5.74) is 5.67. The summed E-state index contributed by atoms with van der Waals surface area (Å²) in [4.78, 5) is 4.55. The van der Waals surface area contributed by atoms with Gasteiger partial charge in [-0.3, -0.25) is 0 Å². The van der Waals surface area contributed by atoms with E-state index < -0.39 is 0 Å². The molecule has 17 heavy (non-hydrogen) atoms. The molecule has 0 aromatic carbocycles. The molecule has 0 amide bonds. The Morgan fingerprint density at radius 3 is 2.35 bits per heavy atom. The van der Waals surface area contributed by atoms with Crippen LogP contribution in [0.4, 0.5) is 5.13 Å². The van der Waals surface area contributed by atoms with Crippen LogP contribution in [-0.2, 0) is 5.41 Å². The van der Waals surface area contributed by atoms with Crippen molar-refractivity contribution in [3.05, 3.63) is 5.82 Å². The lowest BCUT2D eigenvalue weighted by atomic mass is 9.95. The van der Waals surface area contributed by atoms with Crippen molar-refractivity contribution in [3.63, 3.8) is 0 Å². The highest BCUT2D eigenvalue weighted by Gasteiger charge is 2.24. The zero-order valence-electron chi connectivity index (χ0n) is 11.5. The summed E-state index contributed by atoms with van der Waals surface area (Å²) in [6.45, 7) is 11.4. The predicted molar refractivity (Wildman–Crippen MR) is 74.6 cm³/mol. The fourth-order valence-corrected chi connectivity index (χ4v) is 2.39. The smallest absolute Gasteiger partial charge is 0.203 e. The molecule has 0 saturated carbocycles. The molecule has 1 unspecified atom stereocenters. The van der Waals surface area contributed by atoms with Crippen molar-refractivity contribution < 1.29 is 0 Å². The number of hydrogen-bond donors (Lipinski definition) is 2. The monoisotopic (exact) mass is 256 g/mol. The molecule has 1 aromatic heterocycles. The summed E-state index contributed by atoms with van der Waals surface area (Å²) < 4.78 is 4.40. The molecule has 0 saturated heterocycles. The largest absolute Gasteiger partial charge is 0.355 e. The van der Waals surface area contributed by atoms with Gasteiger partial charge in [-0.25, -0.2) is 4.98 Å². The van der Waals surface area contributed by atoms with E-state index in [4.69, 9.17) is 5.73 Å². The summed E-state index contributed by atoms with van der Waals surface area (Å²) in [5, 5.41) is 4.36. The van der Waals surface area contributed by atoms with E-state index in [1.165, 1.54) is 11.5 Å². The average molecular weight is 256 g/mol. The van der Waals surface area contributed by atoms with Gasteiger partial charge in [-0.2, -0.15) is 4.37 Å². The Morgan fingerprint density at radius 2 is 1.94 bits per heavy atom. The number of anilines is 1. The van der Waals surface area contributed by atoms with E-state index in [0.717, 1.165) is 23.8 Å². The van der Waals surface area contributed by atoms with Crippen LogP contribution >= 0.6 is 11.5 Å². The number of aromatic nitrogens is 2. The van der Waals surface area contributed by atoms with Gasteiger partial charge in [0.05, 0.1) is 0 Å². The quantitative estimate of drug-likeness (QED) is 0.850. The molecule has 98 valence electrons. The number of nitrogens with one attached hydrogen (secondary N) is 1. The fraction of sp³-hybridized carbons (Fsp3) is 0.833. The van der Waals surface area contributed by atoms with Crippen LogP contribution in [0.5, 0.6) is 0 Å². The Balaban J connectivity index is 2.78. The van der Waals surface area contributed by atoms with Crippen molar-refractivity contribution in [2.75, 3.05) is 11.9 Å². The molecule has 0 aliphatic heterocycles. The molecule has 3 N–H and O–H groups in total. The number of nitrogens with zero attached hydrogens (tertiary/aromatic N) is 2. The van der Waals surface area contributed by atoms with E-state index in [0.29, 0.717) is 6.54 Å². The molecule has 0 spiro atoms. The lowest BCUT2D eigenvalue weighted by Crippen LogP contribution is -2.36. The SMILES string of the molecule is CCC(C)(CCN)Nc1nc(C(C)(C)C)ns1. The van der Waals surface area contributed by atoms with Crippen LogP contribution in [0.2, 0.25) is 0 Å². The van der Waals surface area contributed by atoms with Crippen molar-refractivity contribution >= 4 is 16.7 Å². The Morgan fingerprint density at radius 1 is 1.29 bits per heavy atom. The maximum absolute atomic E-state index is 5.65. The van der Waals surface area contributed by atoms with Crippen LogP contribution < -0.4 is 11.1 Å². The second-order valence-electron chi connectivity index (χ2n) is 5.75. The second-order valence-corrected chi connectivity index (χ2v) is 6.50. The minimum atomic E-state index is 0.00686. The van der Waals surface area contributed by atoms with Gasteiger partial charge in [0, 0.05) is 22.5 Å². The maximum Gasteiger partial charge on any atom is 0.203 e. The minimum absolute atomic E-state index is 0.00686. The molecule has 5 heteroatoms. The van der Waals surface area contributed by atoms with Crippen molar-refractivity contribution in [3.8, 4) is 0 Å². The minimum Gasteiger partial charge on any atom is -0.355 e. The molecular weight excluding hydrogens is 232 g/mol. The zero-order valence-corrected chi connectivity index (χ0v) is 12.3. The van der Waals surface area contributed by atoms with Crippen LogP contribution in [-0.4, -0.2) is 21.4 Å². The summed E-state index contributed by atoms with van der Waals surface area (Å²) in [7, 11) is 0. The first-order chi connectivity index (χ1) is 7.80. The molecule has 0 bridgehead atoms. The topological polar surface area (TPSA) is 63.8 Å². The first kappa shape index (κ1) is 14.4. The van der Waals surface area contributed by atoms with Gasteiger partial charge in [0.1, 0.15) is 5.82 Å². The number of hydrogen-bond acceptors (Lipinski definition) is 5. The van der Waals surface area contributed by atoms with Crippen LogP contribution in [0.1, 0.15) is 53.3 Å². The average Bonchev–Trinajstić information content (AvgIpc) is 2.66. The Bertz CT molecular complexity index is 356. The van der Waals surface area contributed by atoms with Gasteiger partial charge in [-0.05, 0) is 26.3 Å². The van der Waals surface area contributed by atoms with Crippen molar-refractivity contribution in [1.29, 1.82) is 0 Å². The van der Waals surface area contributed by atoms with Gasteiger partial charge in [-0.1, -0.05) is 27.7 Å². The van der Waals surface area contributed by atoms with Crippen LogP contribution in [0.25, 0.3) is 0 Å². The number of nitrogens with two attached hydrogens (primary N) is 1. The highest BCUT2D eigenvalue weighted by atomic mass is 32.1. The molecule has 4 nitrogen and oxygen atoms in total. The molecule has 1 rings (SSSR count). The first-order valence-electron chi connectivity index (χ1n) is 6.13. The lowest BCUT2D eigenvalue weighted by molar-refractivity contribution is 0.462. The second kappa shape index (κ2) is 5.31. The molecule has 1 aromatic rings. The van der Waals surface area contributed by atoms with Crippen molar-refractivity contribution in [1.82, 2.24) is 9.36 Å². The third-order valence-corrected chi connectivity index (χ3v) is 3.61.